The summed E-state index contributed by atoms with van der Waals surface area (Å²) >= 11 is 0. The molecule has 0 heteroatoms. The molecule has 0 fully saturated rings. The third-order valence-corrected chi connectivity index (χ3v) is 2.48. The van der Waals surface area contributed by atoms with Gasteiger partial charge in [0.15, 0.2) is 0 Å². The van der Waals surface area contributed by atoms with Crippen LogP contribution in [0.1, 0.15) is 19.8 Å². The molecule has 0 aromatic heterocycles. The van der Waals surface area contributed by atoms with Crippen LogP contribution in [0.2, 0.25) is 0 Å². The number of rotatable bonds is 0. The second-order valence-electron chi connectivity index (χ2n) is 3.21. The minimum absolute atomic E-state index is 0.460. The van der Waals surface area contributed by atoms with Gasteiger partial charge in [-0.1, -0.05) is 36.0 Å². The summed E-state index contributed by atoms with van der Waals surface area (Å²) in [5.74, 6) is 0. The van der Waals surface area contributed by atoms with Gasteiger partial charge in [-0.25, -0.2) is 0 Å². The molecule has 0 aromatic rings. The van der Waals surface area contributed by atoms with E-state index in [4.69, 9.17) is 0 Å². The van der Waals surface area contributed by atoms with Crippen LogP contribution >= 0.6 is 0 Å². The van der Waals surface area contributed by atoms with Gasteiger partial charge in [0.25, 0.3) is 0 Å². The molecule has 0 nitrogen and oxygen atoms in total. The van der Waals surface area contributed by atoms with Gasteiger partial charge in [0.2, 0.25) is 0 Å². The van der Waals surface area contributed by atoms with Crippen LogP contribution in [-0.4, -0.2) is 0 Å². The van der Waals surface area contributed by atoms with Crippen LogP contribution in [0, 0.1) is 5.41 Å². The molecule has 1 spiro atoms. The molecule has 0 N–H and O–H groups in total. The van der Waals surface area contributed by atoms with Crippen LogP contribution in [-0.2, 0) is 0 Å². The Kier molecular flexibility index (Phi) is 1.10. The zero-order valence-corrected chi connectivity index (χ0v) is 6.30. The molecule has 52 valence electrons. The van der Waals surface area contributed by atoms with E-state index in [0.29, 0.717) is 5.41 Å². The summed E-state index contributed by atoms with van der Waals surface area (Å²) in [5.41, 5.74) is 1.95. The molecule has 1 unspecified atom stereocenters. The zero-order valence-electron chi connectivity index (χ0n) is 6.30. The molecule has 0 saturated carbocycles. The highest BCUT2D eigenvalue weighted by Crippen LogP contribution is 2.45. The Hall–Kier alpha value is -0.780. The van der Waals surface area contributed by atoms with E-state index in [0.717, 1.165) is 0 Å². The van der Waals surface area contributed by atoms with Gasteiger partial charge in [0, 0.05) is 5.41 Å². The average molecular weight is 132 g/mol. The summed E-state index contributed by atoms with van der Waals surface area (Å²) in [6, 6.07) is 0. The lowest BCUT2D eigenvalue weighted by Gasteiger charge is -2.28. The summed E-state index contributed by atoms with van der Waals surface area (Å²) in [6.45, 7) is 2.11. The van der Waals surface area contributed by atoms with Gasteiger partial charge in [-0.2, -0.15) is 0 Å². The summed E-state index contributed by atoms with van der Waals surface area (Å²) in [5, 5.41) is 0. The van der Waals surface area contributed by atoms with Crippen molar-refractivity contribution in [3.8, 4) is 0 Å². The summed E-state index contributed by atoms with van der Waals surface area (Å²) < 4.78 is 0. The van der Waals surface area contributed by atoms with E-state index in [1.165, 1.54) is 18.4 Å². The maximum atomic E-state index is 2.34. The third-order valence-electron chi connectivity index (χ3n) is 2.48. The lowest BCUT2D eigenvalue weighted by molar-refractivity contribution is 0.471. The molecule has 0 radical (unpaired) electrons. The van der Waals surface area contributed by atoms with Crippen LogP contribution in [0.3, 0.4) is 0 Å². The van der Waals surface area contributed by atoms with Crippen molar-refractivity contribution < 1.29 is 0 Å². The Morgan fingerprint density at radius 3 is 2.60 bits per heavy atom. The van der Waals surface area contributed by atoms with Crippen LogP contribution in [0.15, 0.2) is 36.0 Å². The van der Waals surface area contributed by atoms with Crippen molar-refractivity contribution >= 4 is 0 Å². The minimum atomic E-state index is 0.460. The topological polar surface area (TPSA) is 0 Å². The van der Waals surface area contributed by atoms with E-state index in [2.05, 4.69) is 37.3 Å². The zero-order chi connectivity index (χ0) is 7.03. The van der Waals surface area contributed by atoms with Gasteiger partial charge in [-0.15, -0.1) is 0 Å². The normalized spacial score (nSPS) is 39.5. The van der Waals surface area contributed by atoms with Crippen LogP contribution in [0.4, 0.5) is 0 Å². The largest absolute Gasteiger partial charge is 0.0865 e. The smallest absolute Gasteiger partial charge is 0.0139 e. The average Bonchev–Trinajstić information content (AvgIpc) is 2.29. The van der Waals surface area contributed by atoms with Crippen molar-refractivity contribution in [2.24, 2.45) is 5.41 Å². The summed E-state index contributed by atoms with van der Waals surface area (Å²) in [6.07, 6.45) is 13.9. The molecule has 0 bridgehead atoms. The Morgan fingerprint density at radius 2 is 2.30 bits per heavy atom. The van der Waals surface area contributed by atoms with Gasteiger partial charge in [-0.05, 0) is 19.8 Å². The third kappa shape index (κ3) is 0.683. The van der Waals surface area contributed by atoms with Gasteiger partial charge < -0.3 is 0 Å². The lowest BCUT2D eigenvalue weighted by atomic mass is 9.75. The highest BCUT2D eigenvalue weighted by Gasteiger charge is 2.32. The fourth-order valence-corrected chi connectivity index (χ4v) is 1.64. The van der Waals surface area contributed by atoms with Crippen LogP contribution in [0.25, 0.3) is 0 Å². The second kappa shape index (κ2) is 1.85. The predicted molar refractivity (Wildman–Crippen MR) is 43.7 cm³/mol. The maximum Gasteiger partial charge on any atom is 0.0139 e. The first kappa shape index (κ1) is 5.96. The van der Waals surface area contributed by atoms with Crippen molar-refractivity contribution in [1.82, 2.24) is 0 Å². The first-order valence-electron chi connectivity index (χ1n) is 3.87. The highest BCUT2D eigenvalue weighted by atomic mass is 14.4. The molecule has 0 aliphatic heterocycles. The monoisotopic (exact) mass is 132 g/mol. The van der Waals surface area contributed by atoms with Crippen molar-refractivity contribution in [3.63, 3.8) is 0 Å². The first-order chi connectivity index (χ1) is 4.85. The Balaban J connectivity index is 2.22. The maximum absolute atomic E-state index is 2.34. The molecule has 0 heterocycles. The predicted octanol–water partition coefficient (Wildman–Crippen LogP) is 2.84. The number of hydrogen-bond donors (Lipinski definition) is 0. The Morgan fingerprint density at radius 1 is 1.50 bits per heavy atom. The molecular weight excluding hydrogens is 120 g/mol. The van der Waals surface area contributed by atoms with E-state index in [-0.39, 0.29) is 0 Å². The fourth-order valence-electron chi connectivity index (χ4n) is 1.64. The van der Waals surface area contributed by atoms with E-state index in [1.54, 1.807) is 0 Å². The van der Waals surface area contributed by atoms with E-state index in [9.17, 15) is 0 Å². The number of hydrogen-bond acceptors (Lipinski definition) is 0. The standard InChI is InChI=1S/C10H12/c1-2-9-4-7-10(8-9)5-3-6-10/h2-5,7H,6,8H2,1H3. The molecule has 0 saturated heterocycles. The Labute approximate surface area is 61.9 Å². The summed E-state index contributed by atoms with van der Waals surface area (Å²) in [7, 11) is 0. The minimum Gasteiger partial charge on any atom is -0.0865 e. The second-order valence-corrected chi connectivity index (χ2v) is 3.21. The first-order valence-corrected chi connectivity index (χ1v) is 3.87. The molecule has 10 heavy (non-hydrogen) atoms. The van der Waals surface area contributed by atoms with Gasteiger partial charge in [0.1, 0.15) is 0 Å². The van der Waals surface area contributed by atoms with Crippen molar-refractivity contribution in [1.29, 1.82) is 0 Å². The van der Waals surface area contributed by atoms with Gasteiger partial charge in [-0.3, -0.25) is 0 Å². The summed E-state index contributed by atoms with van der Waals surface area (Å²) in [4.78, 5) is 0. The van der Waals surface area contributed by atoms with Crippen LogP contribution in [0.5, 0.6) is 0 Å². The Bertz CT molecular complexity index is 230. The van der Waals surface area contributed by atoms with Crippen molar-refractivity contribution in [2.75, 3.05) is 0 Å². The van der Waals surface area contributed by atoms with Crippen molar-refractivity contribution in [2.45, 2.75) is 19.8 Å². The van der Waals surface area contributed by atoms with Gasteiger partial charge >= 0.3 is 0 Å². The quantitative estimate of drug-likeness (QED) is 0.444. The molecule has 0 aromatic carbocycles. The SMILES string of the molecule is CC=C1C=CC2(C=CC2)C1. The van der Waals surface area contributed by atoms with Crippen molar-refractivity contribution in [3.05, 3.63) is 36.0 Å². The van der Waals surface area contributed by atoms with E-state index >= 15 is 0 Å². The molecule has 2 rings (SSSR count). The molecular formula is C10H12. The fraction of sp³-hybridized carbons (Fsp3) is 0.400. The highest BCUT2D eigenvalue weighted by molar-refractivity contribution is 5.37. The molecule has 1 atom stereocenters. The van der Waals surface area contributed by atoms with Gasteiger partial charge in [0.05, 0.1) is 0 Å². The molecule has 0 amide bonds. The number of allylic oxidation sites excluding steroid dienone is 6. The molecule has 2 aliphatic rings. The van der Waals surface area contributed by atoms with E-state index < -0.39 is 0 Å². The van der Waals surface area contributed by atoms with E-state index in [1.807, 2.05) is 0 Å². The molecule has 2 aliphatic carbocycles. The van der Waals surface area contributed by atoms with Crippen LogP contribution < -0.4 is 0 Å². The lowest BCUT2D eigenvalue weighted by Crippen LogP contribution is -2.17.